The van der Waals surface area contributed by atoms with Crippen molar-refractivity contribution >= 4 is 9.84 Å². The Kier molecular flexibility index (Phi) is 6.15. The van der Waals surface area contributed by atoms with Gasteiger partial charge in [0.15, 0.2) is 0 Å². The molecule has 0 amide bonds. The maximum absolute atomic E-state index is 11.3. The molecule has 0 unspecified atom stereocenters. The van der Waals surface area contributed by atoms with Crippen LogP contribution in [-0.4, -0.2) is 33.6 Å². The summed E-state index contributed by atoms with van der Waals surface area (Å²) in [5.74, 6) is 1.33. The van der Waals surface area contributed by atoms with Crippen molar-refractivity contribution in [1.82, 2.24) is 5.32 Å². The van der Waals surface area contributed by atoms with Crippen LogP contribution in [0.5, 0.6) is 5.75 Å². The van der Waals surface area contributed by atoms with Crippen molar-refractivity contribution in [1.29, 1.82) is 0 Å². The van der Waals surface area contributed by atoms with Gasteiger partial charge < -0.3 is 10.1 Å². The standard InChI is InChI=1S/C13H21NO3S/c1-3-18(15,16)10-4-9-14-11-12-5-7-13(17-2)8-6-12/h5-8,14H,3-4,9-11H2,1-2H3. The summed E-state index contributed by atoms with van der Waals surface area (Å²) in [6.07, 6.45) is 0.659. The molecule has 0 spiro atoms. The monoisotopic (exact) mass is 271 g/mol. The average Bonchev–Trinajstić information content (AvgIpc) is 2.39. The predicted molar refractivity (Wildman–Crippen MR) is 73.6 cm³/mol. The van der Waals surface area contributed by atoms with E-state index < -0.39 is 9.84 Å². The lowest BCUT2D eigenvalue weighted by atomic mass is 10.2. The summed E-state index contributed by atoms with van der Waals surface area (Å²) >= 11 is 0. The topological polar surface area (TPSA) is 55.4 Å². The Morgan fingerprint density at radius 2 is 1.89 bits per heavy atom. The summed E-state index contributed by atoms with van der Waals surface area (Å²) in [6.45, 7) is 3.14. The first-order valence-corrected chi connectivity index (χ1v) is 7.93. The van der Waals surface area contributed by atoms with Gasteiger partial charge in [0.1, 0.15) is 15.6 Å². The molecular formula is C13H21NO3S. The van der Waals surface area contributed by atoms with Crippen LogP contribution >= 0.6 is 0 Å². The molecule has 0 bridgehead atoms. The highest BCUT2D eigenvalue weighted by Gasteiger charge is 2.05. The van der Waals surface area contributed by atoms with Crippen molar-refractivity contribution in [3.8, 4) is 5.75 Å². The fraction of sp³-hybridized carbons (Fsp3) is 0.538. The molecule has 102 valence electrons. The molecule has 18 heavy (non-hydrogen) atoms. The zero-order valence-corrected chi connectivity index (χ0v) is 11.8. The van der Waals surface area contributed by atoms with E-state index in [-0.39, 0.29) is 11.5 Å². The molecule has 1 rings (SSSR count). The number of benzene rings is 1. The molecule has 0 aliphatic carbocycles. The van der Waals surface area contributed by atoms with E-state index in [0.717, 1.165) is 17.9 Å². The molecule has 1 aromatic carbocycles. The summed E-state index contributed by atoms with van der Waals surface area (Å²) in [5.41, 5.74) is 1.16. The molecule has 0 aromatic heterocycles. The zero-order valence-electron chi connectivity index (χ0n) is 11.0. The van der Waals surface area contributed by atoms with Crippen LogP contribution in [0.2, 0.25) is 0 Å². The molecule has 0 saturated heterocycles. The Bertz CT molecular complexity index is 440. The molecule has 1 N–H and O–H groups in total. The zero-order chi connectivity index (χ0) is 13.4. The highest BCUT2D eigenvalue weighted by atomic mass is 32.2. The number of rotatable bonds is 8. The van der Waals surface area contributed by atoms with Gasteiger partial charge in [-0.15, -0.1) is 0 Å². The SMILES string of the molecule is CCS(=O)(=O)CCCNCc1ccc(OC)cc1. The normalized spacial score (nSPS) is 11.4. The highest BCUT2D eigenvalue weighted by Crippen LogP contribution is 2.10. The van der Waals surface area contributed by atoms with E-state index in [4.69, 9.17) is 4.74 Å². The number of sulfone groups is 1. The number of methoxy groups -OCH3 is 1. The summed E-state index contributed by atoms with van der Waals surface area (Å²) in [6, 6.07) is 7.82. The highest BCUT2D eigenvalue weighted by molar-refractivity contribution is 7.91. The maximum atomic E-state index is 11.3. The Hall–Kier alpha value is -1.07. The van der Waals surface area contributed by atoms with Gasteiger partial charge in [-0.2, -0.15) is 0 Å². The van der Waals surface area contributed by atoms with Crippen LogP contribution in [0.1, 0.15) is 18.9 Å². The third kappa shape index (κ3) is 5.51. The van der Waals surface area contributed by atoms with Crippen molar-refractivity contribution in [2.24, 2.45) is 0 Å². The third-order valence-corrected chi connectivity index (χ3v) is 4.53. The fourth-order valence-corrected chi connectivity index (χ4v) is 2.41. The quantitative estimate of drug-likeness (QED) is 0.730. The lowest BCUT2D eigenvalue weighted by Gasteiger charge is -2.06. The van der Waals surface area contributed by atoms with Gasteiger partial charge in [-0.3, -0.25) is 0 Å². The predicted octanol–water partition coefficient (Wildman–Crippen LogP) is 1.61. The van der Waals surface area contributed by atoms with Gasteiger partial charge in [0, 0.05) is 12.3 Å². The molecular weight excluding hydrogens is 250 g/mol. The second-order valence-electron chi connectivity index (χ2n) is 4.11. The minimum absolute atomic E-state index is 0.228. The van der Waals surface area contributed by atoms with E-state index in [1.54, 1.807) is 14.0 Å². The molecule has 4 nitrogen and oxygen atoms in total. The van der Waals surface area contributed by atoms with Gasteiger partial charge in [0.25, 0.3) is 0 Å². The van der Waals surface area contributed by atoms with Crippen LogP contribution in [0.3, 0.4) is 0 Å². The average molecular weight is 271 g/mol. The van der Waals surface area contributed by atoms with Gasteiger partial charge in [-0.1, -0.05) is 19.1 Å². The van der Waals surface area contributed by atoms with E-state index in [9.17, 15) is 8.42 Å². The Labute approximate surface area is 109 Å². The molecule has 0 aliphatic rings. The molecule has 0 aliphatic heterocycles. The maximum Gasteiger partial charge on any atom is 0.150 e. The van der Waals surface area contributed by atoms with E-state index in [1.807, 2.05) is 24.3 Å². The molecule has 0 saturated carbocycles. The largest absolute Gasteiger partial charge is 0.497 e. The van der Waals surface area contributed by atoms with Crippen LogP contribution in [0.4, 0.5) is 0 Å². The number of nitrogens with one attached hydrogen (secondary N) is 1. The van der Waals surface area contributed by atoms with Gasteiger partial charge in [0.2, 0.25) is 0 Å². The summed E-state index contributed by atoms with van der Waals surface area (Å²) in [5, 5.41) is 3.23. The second-order valence-corrected chi connectivity index (χ2v) is 6.59. The fourth-order valence-electron chi connectivity index (χ4n) is 1.54. The summed E-state index contributed by atoms with van der Waals surface area (Å²) in [7, 11) is -1.19. The summed E-state index contributed by atoms with van der Waals surface area (Å²) in [4.78, 5) is 0. The molecule has 0 fully saturated rings. The summed E-state index contributed by atoms with van der Waals surface area (Å²) < 4.78 is 27.6. The number of hydrogen-bond donors (Lipinski definition) is 1. The van der Waals surface area contributed by atoms with Crippen LogP contribution in [-0.2, 0) is 16.4 Å². The lowest BCUT2D eigenvalue weighted by molar-refractivity contribution is 0.414. The van der Waals surface area contributed by atoms with Gasteiger partial charge >= 0.3 is 0 Å². The molecule has 5 heteroatoms. The van der Waals surface area contributed by atoms with E-state index >= 15 is 0 Å². The van der Waals surface area contributed by atoms with Crippen molar-refractivity contribution in [3.05, 3.63) is 29.8 Å². The number of ether oxygens (including phenoxy) is 1. The van der Waals surface area contributed by atoms with Crippen molar-refractivity contribution in [2.45, 2.75) is 19.9 Å². The minimum atomic E-state index is -2.83. The van der Waals surface area contributed by atoms with Gasteiger partial charge in [-0.25, -0.2) is 8.42 Å². The smallest absolute Gasteiger partial charge is 0.150 e. The van der Waals surface area contributed by atoms with E-state index in [1.165, 1.54) is 0 Å². The lowest BCUT2D eigenvalue weighted by Crippen LogP contribution is -2.18. The second kappa shape index (κ2) is 7.38. The Morgan fingerprint density at radius 1 is 1.22 bits per heavy atom. The number of hydrogen-bond acceptors (Lipinski definition) is 4. The van der Waals surface area contributed by atoms with Crippen LogP contribution in [0.15, 0.2) is 24.3 Å². The first kappa shape index (κ1) is 15.0. The molecule has 0 radical (unpaired) electrons. The molecule has 1 aromatic rings. The first-order chi connectivity index (χ1) is 8.57. The van der Waals surface area contributed by atoms with Crippen molar-refractivity contribution in [3.63, 3.8) is 0 Å². The van der Waals surface area contributed by atoms with Crippen LogP contribution in [0.25, 0.3) is 0 Å². The van der Waals surface area contributed by atoms with Crippen LogP contribution in [0, 0.1) is 0 Å². The third-order valence-electron chi connectivity index (χ3n) is 2.74. The Morgan fingerprint density at radius 3 is 2.44 bits per heavy atom. The minimum Gasteiger partial charge on any atom is -0.497 e. The molecule has 0 heterocycles. The first-order valence-electron chi connectivity index (χ1n) is 6.11. The van der Waals surface area contributed by atoms with Crippen molar-refractivity contribution < 1.29 is 13.2 Å². The van der Waals surface area contributed by atoms with Gasteiger partial charge in [0.05, 0.1) is 12.9 Å². The molecule has 0 atom stereocenters. The Balaban J connectivity index is 2.21. The van der Waals surface area contributed by atoms with Gasteiger partial charge in [-0.05, 0) is 30.7 Å². The van der Waals surface area contributed by atoms with E-state index in [0.29, 0.717) is 13.0 Å². The van der Waals surface area contributed by atoms with E-state index in [2.05, 4.69) is 5.32 Å². The van der Waals surface area contributed by atoms with Crippen LogP contribution < -0.4 is 10.1 Å². The van der Waals surface area contributed by atoms with Crippen molar-refractivity contribution in [2.75, 3.05) is 25.2 Å².